The molecule has 4 fully saturated rings. The summed E-state index contributed by atoms with van der Waals surface area (Å²) >= 11 is 0. The molecule has 4 aliphatic carbocycles. The Hall–Kier alpha value is -1.62. The SMILES string of the molecule is C=C1C[C@]23C[C@H]1CC[C@H]2[C@@]12C=C[C@H](O)[C@](C)(C(=O)O1)[C@H]2[C@@H]3C(=O)OC. The summed E-state index contributed by atoms with van der Waals surface area (Å²) in [6.45, 7) is 6.02. The molecule has 0 radical (unpaired) electrons. The lowest BCUT2D eigenvalue weighted by Gasteiger charge is -2.42. The van der Waals surface area contributed by atoms with Gasteiger partial charge in [-0.15, -0.1) is 0 Å². The summed E-state index contributed by atoms with van der Waals surface area (Å²) < 4.78 is 11.2. The van der Waals surface area contributed by atoms with Crippen molar-refractivity contribution < 1.29 is 24.2 Å². The highest BCUT2D eigenvalue weighted by Crippen LogP contribution is 2.76. The molecule has 134 valence electrons. The number of allylic oxidation sites excluding steroid dienone is 1. The van der Waals surface area contributed by atoms with Gasteiger partial charge in [-0.3, -0.25) is 9.59 Å². The lowest BCUT2D eigenvalue weighted by atomic mass is 9.61. The van der Waals surface area contributed by atoms with E-state index in [1.165, 1.54) is 12.7 Å². The molecule has 25 heavy (non-hydrogen) atoms. The molecule has 5 nitrogen and oxygen atoms in total. The number of esters is 2. The van der Waals surface area contributed by atoms with Gasteiger partial charge in [0.1, 0.15) is 11.0 Å². The molecule has 0 aromatic heterocycles. The molecule has 5 heteroatoms. The molecule has 1 saturated heterocycles. The highest BCUT2D eigenvalue weighted by molar-refractivity contribution is 5.86. The minimum absolute atomic E-state index is 0.0825. The van der Waals surface area contributed by atoms with Crippen LogP contribution in [0.15, 0.2) is 24.3 Å². The van der Waals surface area contributed by atoms with Gasteiger partial charge in [0.25, 0.3) is 0 Å². The smallest absolute Gasteiger partial charge is 0.316 e. The zero-order chi connectivity index (χ0) is 17.8. The number of hydrogen-bond acceptors (Lipinski definition) is 5. The fourth-order valence-corrected chi connectivity index (χ4v) is 7.25. The van der Waals surface area contributed by atoms with Gasteiger partial charge in [0.05, 0.1) is 19.1 Å². The molecular formula is C20H24O5. The van der Waals surface area contributed by atoms with Crippen molar-refractivity contribution in [2.24, 2.45) is 34.5 Å². The van der Waals surface area contributed by atoms with E-state index in [2.05, 4.69) is 6.58 Å². The van der Waals surface area contributed by atoms with E-state index < -0.39 is 29.0 Å². The molecule has 1 heterocycles. The standard InChI is InChI=1S/C20H24O5/c1-10-8-19-9-11(10)4-5-12(19)20-7-6-13(21)18(2,17(23)25-20)15(20)14(19)16(22)24-3/h6-7,11-15,21H,1,4-5,8-9H2,2-3H3/t11-,12-,13+,14-,15-,18+,19+,20-/m1/s1. The van der Waals surface area contributed by atoms with Crippen molar-refractivity contribution in [2.75, 3.05) is 7.11 Å². The number of fused-ring (bicyclic) bond motifs is 1. The van der Waals surface area contributed by atoms with Gasteiger partial charge in [-0.2, -0.15) is 0 Å². The van der Waals surface area contributed by atoms with Crippen LogP contribution in [0.5, 0.6) is 0 Å². The van der Waals surface area contributed by atoms with Crippen LogP contribution in [0.3, 0.4) is 0 Å². The molecule has 4 bridgehead atoms. The summed E-state index contributed by atoms with van der Waals surface area (Å²) in [5, 5.41) is 10.6. The number of carbonyl (C=O) groups excluding carboxylic acids is 2. The number of hydrogen-bond donors (Lipinski definition) is 1. The second-order valence-corrected chi connectivity index (χ2v) is 8.91. The Balaban J connectivity index is 1.77. The highest BCUT2D eigenvalue weighted by atomic mass is 16.6. The molecule has 3 saturated carbocycles. The maximum atomic E-state index is 13.0. The van der Waals surface area contributed by atoms with Crippen LogP contribution in [0.1, 0.15) is 32.6 Å². The van der Waals surface area contributed by atoms with Gasteiger partial charge >= 0.3 is 11.9 Å². The third-order valence-electron chi connectivity index (χ3n) is 8.21. The summed E-state index contributed by atoms with van der Waals surface area (Å²) in [5.41, 5.74) is -0.949. The maximum Gasteiger partial charge on any atom is 0.316 e. The Morgan fingerprint density at radius 2 is 2.20 bits per heavy atom. The van der Waals surface area contributed by atoms with E-state index in [9.17, 15) is 14.7 Å². The van der Waals surface area contributed by atoms with E-state index in [0.717, 1.165) is 25.7 Å². The number of carbonyl (C=O) groups is 2. The van der Waals surface area contributed by atoms with Crippen molar-refractivity contribution >= 4 is 11.9 Å². The molecule has 1 aliphatic heterocycles. The van der Waals surface area contributed by atoms with Crippen molar-refractivity contribution in [3.63, 3.8) is 0 Å². The number of rotatable bonds is 1. The molecule has 8 atom stereocenters. The molecule has 0 amide bonds. The minimum atomic E-state index is -1.10. The van der Waals surface area contributed by atoms with Crippen molar-refractivity contribution in [2.45, 2.75) is 44.3 Å². The van der Waals surface area contributed by atoms with Gasteiger partial charge in [0.15, 0.2) is 0 Å². The minimum Gasteiger partial charge on any atom is -0.469 e. The molecule has 5 aliphatic rings. The fourth-order valence-electron chi connectivity index (χ4n) is 7.25. The average molecular weight is 344 g/mol. The van der Waals surface area contributed by atoms with Crippen LogP contribution in [0.4, 0.5) is 0 Å². The summed E-state index contributed by atoms with van der Waals surface area (Å²) in [6.07, 6.45) is 6.28. The molecule has 1 N–H and O–H groups in total. The Labute approximate surface area is 147 Å². The monoisotopic (exact) mass is 344 g/mol. The van der Waals surface area contributed by atoms with Crippen molar-refractivity contribution in [3.05, 3.63) is 24.3 Å². The predicted octanol–water partition coefficient (Wildman–Crippen LogP) is 2.00. The van der Waals surface area contributed by atoms with Crippen LogP contribution in [0.25, 0.3) is 0 Å². The van der Waals surface area contributed by atoms with Gasteiger partial charge in [0, 0.05) is 11.8 Å². The van der Waals surface area contributed by atoms with Crippen LogP contribution < -0.4 is 0 Å². The fraction of sp³-hybridized carbons (Fsp3) is 0.700. The Bertz CT molecular complexity index is 740. The second kappa shape index (κ2) is 4.37. The first-order chi connectivity index (χ1) is 11.8. The van der Waals surface area contributed by atoms with E-state index in [0.29, 0.717) is 5.92 Å². The number of methoxy groups -OCH3 is 1. The van der Waals surface area contributed by atoms with E-state index in [4.69, 9.17) is 9.47 Å². The van der Waals surface area contributed by atoms with Gasteiger partial charge in [-0.25, -0.2) is 0 Å². The van der Waals surface area contributed by atoms with Crippen molar-refractivity contribution in [1.29, 1.82) is 0 Å². The summed E-state index contributed by atoms with van der Waals surface area (Å²) in [5.74, 6) is -0.970. The Morgan fingerprint density at radius 3 is 2.92 bits per heavy atom. The first-order valence-corrected chi connectivity index (χ1v) is 9.17. The van der Waals surface area contributed by atoms with Gasteiger partial charge < -0.3 is 14.6 Å². The van der Waals surface area contributed by atoms with Crippen molar-refractivity contribution in [1.82, 2.24) is 0 Å². The van der Waals surface area contributed by atoms with Crippen LogP contribution in [0.2, 0.25) is 0 Å². The largest absolute Gasteiger partial charge is 0.469 e. The first kappa shape index (κ1) is 15.6. The third-order valence-corrected chi connectivity index (χ3v) is 8.21. The topological polar surface area (TPSA) is 72.8 Å². The van der Waals surface area contributed by atoms with E-state index >= 15 is 0 Å². The predicted molar refractivity (Wildman–Crippen MR) is 88.1 cm³/mol. The van der Waals surface area contributed by atoms with Crippen LogP contribution in [-0.2, 0) is 19.1 Å². The zero-order valence-corrected chi connectivity index (χ0v) is 14.7. The maximum absolute atomic E-state index is 13.0. The normalized spacial score (nSPS) is 54.9. The van der Waals surface area contributed by atoms with E-state index in [1.807, 2.05) is 6.08 Å². The lowest BCUT2D eigenvalue weighted by Crippen LogP contribution is -2.50. The van der Waals surface area contributed by atoms with Crippen LogP contribution in [-0.4, -0.2) is 35.9 Å². The second-order valence-electron chi connectivity index (χ2n) is 8.91. The lowest BCUT2D eigenvalue weighted by molar-refractivity contribution is -0.162. The van der Waals surface area contributed by atoms with E-state index in [1.54, 1.807) is 13.0 Å². The molecule has 0 unspecified atom stereocenters. The quantitative estimate of drug-likeness (QED) is 0.582. The average Bonchev–Trinajstić information content (AvgIpc) is 3.05. The zero-order valence-electron chi connectivity index (χ0n) is 14.7. The number of ether oxygens (including phenoxy) is 2. The Kier molecular flexibility index (Phi) is 2.73. The first-order valence-electron chi connectivity index (χ1n) is 9.17. The Morgan fingerprint density at radius 1 is 1.44 bits per heavy atom. The third kappa shape index (κ3) is 1.44. The van der Waals surface area contributed by atoms with E-state index in [-0.39, 0.29) is 23.2 Å². The summed E-state index contributed by atoms with van der Waals surface area (Å²) in [4.78, 5) is 25.8. The van der Waals surface area contributed by atoms with Crippen LogP contribution >= 0.6 is 0 Å². The van der Waals surface area contributed by atoms with Crippen molar-refractivity contribution in [3.8, 4) is 0 Å². The molecule has 1 spiro atoms. The number of aliphatic hydroxyl groups excluding tert-OH is 1. The van der Waals surface area contributed by atoms with Crippen LogP contribution in [0, 0.1) is 34.5 Å². The van der Waals surface area contributed by atoms with Gasteiger partial charge in [-0.1, -0.05) is 18.2 Å². The molecule has 0 aromatic carbocycles. The van der Waals surface area contributed by atoms with Gasteiger partial charge in [-0.05, 0) is 50.0 Å². The number of aliphatic hydroxyl groups is 1. The molecular weight excluding hydrogens is 320 g/mol. The summed E-state index contributed by atoms with van der Waals surface area (Å²) in [6, 6.07) is 0. The highest BCUT2D eigenvalue weighted by Gasteiger charge is 2.82. The summed E-state index contributed by atoms with van der Waals surface area (Å²) in [7, 11) is 1.41. The molecule has 5 rings (SSSR count). The molecule has 0 aromatic rings. The van der Waals surface area contributed by atoms with Gasteiger partial charge in [0.2, 0.25) is 0 Å².